The van der Waals surface area contributed by atoms with Crippen molar-refractivity contribution < 1.29 is 9.53 Å². The summed E-state index contributed by atoms with van der Waals surface area (Å²) in [4.78, 5) is 17.9. The third-order valence-electron chi connectivity index (χ3n) is 3.57. The molecule has 1 atom stereocenters. The summed E-state index contributed by atoms with van der Waals surface area (Å²) >= 11 is 1.65. The van der Waals surface area contributed by atoms with E-state index in [0.29, 0.717) is 18.9 Å². The van der Waals surface area contributed by atoms with Gasteiger partial charge in [0.15, 0.2) is 5.13 Å². The summed E-state index contributed by atoms with van der Waals surface area (Å²) in [5.41, 5.74) is 0.982. The lowest BCUT2D eigenvalue weighted by Crippen LogP contribution is -2.30. The molecule has 0 radical (unpaired) electrons. The van der Waals surface area contributed by atoms with E-state index in [0.717, 1.165) is 16.7 Å². The molecule has 0 amide bonds. The van der Waals surface area contributed by atoms with Crippen molar-refractivity contribution in [3.63, 3.8) is 0 Å². The van der Waals surface area contributed by atoms with Crippen LogP contribution >= 0.6 is 11.3 Å². The number of anilines is 1. The van der Waals surface area contributed by atoms with Gasteiger partial charge in [-0.2, -0.15) is 0 Å². The summed E-state index contributed by atoms with van der Waals surface area (Å²) in [7, 11) is 3.52. The number of hydrogen-bond donors (Lipinski definition) is 0. The number of thiazole rings is 1. The first-order valence-electron chi connectivity index (χ1n) is 6.36. The largest absolute Gasteiger partial charge is 0.469 e. The number of aromatic nitrogens is 1. The Morgan fingerprint density at radius 1 is 1.67 bits per heavy atom. The van der Waals surface area contributed by atoms with E-state index in [-0.39, 0.29) is 5.97 Å². The van der Waals surface area contributed by atoms with Crippen molar-refractivity contribution in [1.82, 2.24) is 4.98 Å². The Labute approximate surface area is 112 Å². The first-order valence-corrected chi connectivity index (χ1v) is 7.24. The van der Waals surface area contributed by atoms with Gasteiger partial charge >= 0.3 is 5.97 Å². The highest BCUT2D eigenvalue weighted by Crippen LogP contribution is 2.36. The van der Waals surface area contributed by atoms with Crippen LogP contribution in [-0.2, 0) is 16.0 Å². The minimum atomic E-state index is -0.177. The van der Waals surface area contributed by atoms with Crippen LogP contribution in [0.1, 0.15) is 31.9 Å². The highest BCUT2D eigenvalue weighted by molar-refractivity contribution is 7.13. The van der Waals surface area contributed by atoms with E-state index >= 15 is 0 Å². The summed E-state index contributed by atoms with van der Waals surface area (Å²) < 4.78 is 4.63. The average molecular weight is 268 g/mol. The monoisotopic (exact) mass is 268 g/mol. The van der Waals surface area contributed by atoms with Crippen LogP contribution in [0.4, 0.5) is 5.13 Å². The van der Waals surface area contributed by atoms with Gasteiger partial charge in [-0.3, -0.25) is 4.79 Å². The van der Waals surface area contributed by atoms with Gasteiger partial charge in [0.05, 0.1) is 19.2 Å². The molecular weight excluding hydrogens is 248 g/mol. The van der Waals surface area contributed by atoms with Gasteiger partial charge in [0.25, 0.3) is 0 Å². The summed E-state index contributed by atoms with van der Waals surface area (Å²) in [6, 6.07) is 0.560. The molecular formula is C13H20N2O2S. The van der Waals surface area contributed by atoms with Crippen LogP contribution in [-0.4, -0.2) is 31.2 Å². The second-order valence-corrected chi connectivity index (χ2v) is 5.72. The van der Waals surface area contributed by atoms with E-state index in [1.54, 1.807) is 11.3 Å². The zero-order valence-electron chi connectivity index (χ0n) is 11.2. The quantitative estimate of drug-likeness (QED) is 0.743. The molecule has 0 aliphatic heterocycles. The standard InChI is InChI=1S/C13H20N2O2S/c1-9(10-4-5-10)15(2)13-14-11(8-18-13)6-7-12(16)17-3/h8-10H,4-7H2,1-3H3. The summed E-state index contributed by atoms with van der Waals surface area (Å²) in [6.45, 7) is 2.26. The lowest BCUT2D eigenvalue weighted by atomic mass is 10.2. The molecule has 0 saturated heterocycles. The van der Waals surface area contributed by atoms with E-state index in [1.807, 2.05) is 5.38 Å². The van der Waals surface area contributed by atoms with Crippen molar-refractivity contribution in [2.45, 2.75) is 38.6 Å². The first-order chi connectivity index (χ1) is 8.61. The molecule has 1 unspecified atom stereocenters. The van der Waals surface area contributed by atoms with Crippen molar-refractivity contribution in [3.8, 4) is 0 Å². The molecule has 1 aliphatic rings. The topological polar surface area (TPSA) is 42.4 Å². The summed E-state index contributed by atoms with van der Waals surface area (Å²) in [6.07, 6.45) is 3.74. The van der Waals surface area contributed by atoms with Crippen LogP contribution in [0, 0.1) is 5.92 Å². The van der Waals surface area contributed by atoms with Crippen molar-refractivity contribution in [3.05, 3.63) is 11.1 Å². The lowest BCUT2D eigenvalue weighted by Gasteiger charge is -2.23. The van der Waals surface area contributed by atoms with Crippen molar-refractivity contribution in [2.75, 3.05) is 19.1 Å². The van der Waals surface area contributed by atoms with E-state index in [4.69, 9.17) is 0 Å². The maximum Gasteiger partial charge on any atom is 0.305 e. The Balaban J connectivity index is 1.90. The van der Waals surface area contributed by atoms with E-state index in [2.05, 4.69) is 28.6 Å². The van der Waals surface area contributed by atoms with Crippen molar-refractivity contribution in [1.29, 1.82) is 0 Å². The first kappa shape index (κ1) is 13.3. The number of aryl methyl sites for hydroxylation is 1. The molecule has 4 nitrogen and oxygen atoms in total. The zero-order chi connectivity index (χ0) is 13.1. The van der Waals surface area contributed by atoms with Crippen LogP contribution in [0.15, 0.2) is 5.38 Å². The van der Waals surface area contributed by atoms with E-state index in [9.17, 15) is 4.79 Å². The second-order valence-electron chi connectivity index (χ2n) is 4.89. The summed E-state index contributed by atoms with van der Waals surface area (Å²) in [5.74, 6) is 0.654. The van der Waals surface area contributed by atoms with Crippen LogP contribution < -0.4 is 4.90 Å². The van der Waals surface area contributed by atoms with E-state index in [1.165, 1.54) is 20.0 Å². The normalized spacial score (nSPS) is 16.4. The maximum atomic E-state index is 11.1. The fourth-order valence-corrected chi connectivity index (χ4v) is 2.89. The molecule has 1 aromatic rings. The van der Waals surface area contributed by atoms with Gasteiger partial charge < -0.3 is 9.64 Å². The molecule has 5 heteroatoms. The van der Waals surface area contributed by atoms with Crippen molar-refractivity contribution in [2.24, 2.45) is 5.92 Å². The predicted octanol–water partition coefficient (Wildman–Crippen LogP) is 2.48. The SMILES string of the molecule is COC(=O)CCc1csc(N(C)C(C)C2CC2)n1. The molecule has 1 fully saturated rings. The molecule has 18 heavy (non-hydrogen) atoms. The molecule has 0 spiro atoms. The van der Waals surface area contributed by atoms with Crippen LogP contribution in [0.5, 0.6) is 0 Å². The number of esters is 1. The molecule has 1 aromatic heterocycles. The van der Waals surface area contributed by atoms with Gasteiger partial charge in [0.1, 0.15) is 0 Å². The second kappa shape index (κ2) is 5.69. The fraction of sp³-hybridized carbons (Fsp3) is 0.692. The van der Waals surface area contributed by atoms with Gasteiger partial charge in [-0.1, -0.05) is 0 Å². The Hall–Kier alpha value is -1.10. The molecule has 1 saturated carbocycles. The molecule has 0 N–H and O–H groups in total. The van der Waals surface area contributed by atoms with Crippen molar-refractivity contribution >= 4 is 22.4 Å². The number of nitrogens with zero attached hydrogens (tertiary/aromatic N) is 2. The molecule has 1 heterocycles. The fourth-order valence-electron chi connectivity index (χ4n) is 1.97. The molecule has 0 aromatic carbocycles. The number of carbonyl (C=O) groups is 1. The third-order valence-corrected chi connectivity index (χ3v) is 4.55. The minimum absolute atomic E-state index is 0.177. The maximum absolute atomic E-state index is 11.1. The predicted molar refractivity (Wildman–Crippen MR) is 73.0 cm³/mol. The smallest absolute Gasteiger partial charge is 0.305 e. The number of ether oxygens (including phenoxy) is 1. The van der Waals surface area contributed by atoms with Crippen LogP contribution in [0.3, 0.4) is 0 Å². The molecule has 2 rings (SSSR count). The lowest BCUT2D eigenvalue weighted by molar-refractivity contribution is -0.140. The van der Waals surface area contributed by atoms with Crippen LogP contribution in [0.25, 0.3) is 0 Å². The third kappa shape index (κ3) is 3.22. The summed E-state index contributed by atoms with van der Waals surface area (Å²) in [5, 5.41) is 3.09. The van der Waals surface area contributed by atoms with Gasteiger partial charge in [0.2, 0.25) is 0 Å². The Kier molecular flexibility index (Phi) is 4.22. The van der Waals surface area contributed by atoms with Gasteiger partial charge in [-0.05, 0) is 25.7 Å². The Morgan fingerprint density at radius 3 is 3.00 bits per heavy atom. The van der Waals surface area contributed by atoms with Gasteiger partial charge in [-0.15, -0.1) is 11.3 Å². The van der Waals surface area contributed by atoms with Gasteiger partial charge in [-0.25, -0.2) is 4.98 Å². The molecule has 1 aliphatic carbocycles. The van der Waals surface area contributed by atoms with Gasteiger partial charge in [0, 0.05) is 24.9 Å². The Bertz CT molecular complexity index is 415. The zero-order valence-corrected chi connectivity index (χ0v) is 12.0. The Morgan fingerprint density at radius 2 is 2.39 bits per heavy atom. The highest BCUT2D eigenvalue weighted by atomic mass is 32.1. The number of hydrogen-bond acceptors (Lipinski definition) is 5. The van der Waals surface area contributed by atoms with Crippen LogP contribution in [0.2, 0.25) is 0 Å². The number of rotatable bonds is 6. The minimum Gasteiger partial charge on any atom is -0.469 e. The highest BCUT2D eigenvalue weighted by Gasteiger charge is 2.31. The number of carbonyl (C=O) groups excluding carboxylic acids is 1. The van der Waals surface area contributed by atoms with E-state index < -0.39 is 0 Å². The number of methoxy groups -OCH3 is 1. The molecule has 100 valence electrons. The average Bonchev–Trinajstić information content (AvgIpc) is 3.13. The molecule has 0 bridgehead atoms.